The number of nitrogens with zero attached hydrogens (tertiary/aromatic N) is 4. The Morgan fingerprint density at radius 2 is 1.79 bits per heavy atom. The van der Waals surface area contributed by atoms with Crippen molar-refractivity contribution in [2.24, 2.45) is 0 Å². The van der Waals surface area contributed by atoms with E-state index in [1.807, 2.05) is 24.4 Å². The predicted molar refractivity (Wildman–Crippen MR) is 118 cm³/mol. The van der Waals surface area contributed by atoms with Gasteiger partial charge in [0.25, 0.3) is 0 Å². The maximum Gasteiger partial charge on any atom is 0.175 e. The maximum atomic E-state index is 11.8. The van der Waals surface area contributed by atoms with E-state index >= 15 is 0 Å². The Morgan fingerprint density at radius 3 is 2.38 bits per heavy atom. The summed E-state index contributed by atoms with van der Waals surface area (Å²) in [6.45, 7) is 10.2. The first-order chi connectivity index (χ1) is 13.8. The molecule has 3 rings (SSSR count). The Bertz CT molecular complexity index is 1120. The van der Waals surface area contributed by atoms with Gasteiger partial charge in [0, 0.05) is 36.7 Å². The second kappa shape index (κ2) is 8.41. The Labute approximate surface area is 172 Å². The van der Waals surface area contributed by atoms with Crippen LogP contribution in [0.3, 0.4) is 0 Å². The highest BCUT2D eigenvalue weighted by atomic mass is 32.2. The van der Waals surface area contributed by atoms with E-state index in [0.717, 1.165) is 60.0 Å². The molecule has 156 valence electrons. The molecule has 0 fully saturated rings. The van der Waals surface area contributed by atoms with Crippen LogP contribution in [-0.2, 0) is 9.84 Å². The fourth-order valence-corrected chi connectivity index (χ4v) is 4.20. The number of hydrogen-bond acceptors (Lipinski definition) is 6. The standard InChI is InChI=1S/C21H29N5O2S/c1-6-12-25(13-7-2)21-16(4)20(24-19-10-11-22-26(19)21)23-18-9-8-17(14-15(18)3)29(5,27)28/h8-11,14H,6-7,12-13H2,1-5H3,(H,23,24). The quantitative estimate of drug-likeness (QED) is 0.596. The SMILES string of the molecule is CCCN(CCC)c1c(C)c(Nc2ccc(S(C)(=O)=O)cc2C)nc2ccnn12. The normalized spacial score (nSPS) is 11.8. The molecule has 8 heteroatoms. The summed E-state index contributed by atoms with van der Waals surface area (Å²) in [5.41, 5.74) is 3.47. The fraction of sp³-hybridized carbons (Fsp3) is 0.429. The van der Waals surface area contributed by atoms with Crippen molar-refractivity contribution in [3.63, 3.8) is 0 Å². The summed E-state index contributed by atoms with van der Waals surface area (Å²) in [5, 5.41) is 7.89. The molecule has 0 aliphatic heterocycles. The fourth-order valence-electron chi connectivity index (χ4n) is 3.50. The van der Waals surface area contributed by atoms with Gasteiger partial charge in [-0.25, -0.2) is 13.4 Å². The average Bonchev–Trinajstić information content (AvgIpc) is 3.11. The smallest absolute Gasteiger partial charge is 0.175 e. The molecule has 1 N–H and O–H groups in total. The van der Waals surface area contributed by atoms with Crippen LogP contribution in [0.25, 0.3) is 5.65 Å². The number of aryl methyl sites for hydroxylation is 1. The highest BCUT2D eigenvalue weighted by Gasteiger charge is 2.18. The van der Waals surface area contributed by atoms with Gasteiger partial charge in [0.05, 0.1) is 11.1 Å². The van der Waals surface area contributed by atoms with Crippen LogP contribution >= 0.6 is 0 Å². The second-order valence-electron chi connectivity index (χ2n) is 7.37. The van der Waals surface area contributed by atoms with Crippen LogP contribution in [0.4, 0.5) is 17.3 Å². The van der Waals surface area contributed by atoms with E-state index in [0.29, 0.717) is 4.90 Å². The average molecular weight is 416 g/mol. The molecule has 7 nitrogen and oxygen atoms in total. The molecule has 0 saturated heterocycles. The molecule has 29 heavy (non-hydrogen) atoms. The lowest BCUT2D eigenvalue weighted by Crippen LogP contribution is -2.28. The van der Waals surface area contributed by atoms with E-state index in [1.165, 1.54) is 6.26 Å². The van der Waals surface area contributed by atoms with Crippen LogP contribution in [-0.4, -0.2) is 42.4 Å². The summed E-state index contributed by atoms with van der Waals surface area (Å²) < 4.78 is 25.5. The first kappa shape index (κ1) is 21.1. The van der Waals surface area contributed by atoms with Crippen molar-refractivity contribution in [2.75, 3.05) is 29.6 Å². The molecule has 3 aromatic rings. The van der Waals surface area contributed by atoms with Crippen molar-refractivity contribution in [3.8, 4) is 0 Å². The molecule has 0 aliphatic carbocycles. The molecule has 1 aromatic carbocycles. The van der Waals surface area contributed by atoms with Crippen molar-refractivity contribution in [3.05, 3.63) is 41.6 Å². The van der Waals surface area contributed by atoms with Crippen LogP contribution in [0.2, 0.25) is 0 Å². The van der Waals surface area contributed by atoms with E-state index in [9.17, 15) is 8.42 Å². The predicted octanol–water partition coefficient (Wildman–Crippen LogP) is 4.12. The molecule has 2 aromatic heterocycles. The minimum Gasteiger partial charge on any atom is -0.356 e. The van der Waals surface area contributed by atoms with Crippen LogP contribution in [0, 0.1) is 13.8 Å². The third-order valence-corrected chi connectivity index (χ3v) is 6.02. The van der Waals surface area contributed by atoms with Gasteiger partial charge in [-0.3, -0.25) is 0 Å². The van der Waals surface area contributed by atoms with Crippen LogP contribution in [0.5, 0.6) is 0 Å². The summed E-state index contributed by atoms with van der Waals surface area (Å²) >= 11 is 0. The number of fused-ring (bicyclic) bond motifs is 1. The van der Waals surface area contributed by atoms with Gasteiger partial charge in [0.2, 0.25) is 0 Å². The molecular weight excluding hydrogens is 386 g/mol. The Hall–Kier alpha value is -2.61. The number of anilines is 3. The van der Waals surface area contributed by atoms with Crippen molar-refractivity contribution in [1.82, 2.24) is 14.6 Å². The summed E-state index contributed by atoms with van der Waals surface area (Å²) in [6.07, 6.45) is 5.06. The van der Waals surface area contributed by atoms with E-state index < -0.39 is 9.84 Å². The zero-order valence-electron chi connectivity index (χ0n) is 17.7. The topological polar surface area (TPSA) is 79.6 Å². The zero-order valence-corrected chi connectivity index (χ0v) is 18.5. The van der Waals surface area contributed by atoms with Gasteiger partial charge in [-0.15, -0.1) is 0 Å². The van der Waals surface area contributed by atoms with E-state index in [4.69, 9.17) is 4.98 Å². The maximum absolute atomic E-state index is 11.8. The monoisotopic (exact) mass is 415 g/mol. The number of rotatable bonds is 8. The summed E-state index contributed by atoms with van der Waals surface area (Å²) in [5.74, 6) is 1.79. The van der Waals surface area contributed by atoms with Gasteiger partial charge in [0.15, 0.2) is 15.5 Å². The number of aromatic nitrogens is 3. The molecule has 0 unspecified atom stereocenters. The lowest BCUT2D eigenvalue weighted by atomic mass is 10.2. The van der Waals surface area contributed by atoms with E-state index in [1.54, 1.807) is 24.4 Å². The van der Waals surface area contributed by atoms with Gasteiger partial charge < -0.3 is 10.2 Å². The molecule has 0 spiro atoms. The van der Waals surface area contributed by atoms with Crippen molar-refractivity contribution in [1.29, 1.82) is 0 Å². The van der Waals surface area contributed by atoms with Crippen LogP contribution < -0.4 is 10.2 Å². The van der Waals surface area contributed by atoms with E-state index in [-0.39, 0.29) is 0 Å². The van der Waals surface area contributed by atoms with Gasteiger partial charge >= 0.3 is 0 Å². The summed E-state index contributed by atoms with van der Waals surface area (Å²) in [6, 6.07) is 7.00. The number of sulfone groups is 1. The Morgan fingerprint density at radius 1 is 1.10 bits per heavy atom. The Kier molecular flexibility index (Phi) is 6.12. The van der Waals surface area contributed by atoms with E-state index in [2.05, 4.69) is 29.2 Å². The largest absolute Gasteiger partial charge is 0.356 e. The van der Waals surface area contributed by atoms with Gasteiger partial charge in [-0.2, -0.15) is 9.61 Å². The Balaban J connectivity index is 2.08. The van der Waals surface area contributed by atoms with Crippen LogP contribution in [0.1, 0.15) is 37.8 Å². The van der Waals surface area contributed by atoms with Crippen molar-refractivity contribution < 1.29 is 8.42 Å². The molecule has 0 atom stereocenters. The summed E-state index contributed by atoms with van der Waals surface area (Å²) in [7, 11) is -3.24. The van der Waals surface area contributed by atoms with Crippen LogP contribution in [0.15, 0.2) is 35.4 Å². The highest BCUT2D eigenvalue weighted by Crippen LogP contribution is 2.30. The minimum absolute atomic E-state index is 0.314. The summed E-state index contributed by atoms with van der Waals surface area (Å²) in [4.78, 5) is 7.41. The first-order valence-corrected chi connectivity index (χ1v) is 11.8. The highest BCUT2D eigenvalue weighted by molar-refractivity contribution is 7.90. The lowest BCUT2D eigenvalue weighted by molar-refractivity contribution is 0.602. The lowest BCUT2D eigenvalue weighted by Gasteiger charge is -2.27. The zero-order chi connectivity index (χ0) is 21.2. The third kappa shape index (κ3) is 4.37. The second-order valence-corrected chi connectivity index (χ2v) is 9.39. The van der Waals surface area contributed by atoms with Gasteiger partial charge in [0.1, 0.15) is 11.6 Å². The molecule has 2 heterocycles. The molecule has 0 amide bonds. The van der Waals surface area contributed by atoms with Gasteiger partial charge in [-0.1, -0.05) is 13.8 Å². The molecule has 0 bridgehead atoms. The molecule has 0 saturated carbocycles. The van der Waals surface area contributed by atoms with Gasteiger partial charge in [-0.05, 0) is 50.5 Å². The molecule has 0 radical (unpaired) electrons. The molecule has 0 aliphatic rings. The minimum atomic E-state index is -3.24. The van der Waals surface area contributed by atoms with Crippen molar-refractivity contribution >= 4 is 32.8 Å². The molecular formula is C21H29N5O2S. The van der Waals surface area contributed by atoms with Crippen molar-refractivity contribution in [2.45, 2.75) is 45.4 Å². The third-order valence-electron chi connectivity index (χ3n) is 4.91. The first-order valence-electron chi connectivity index (χ1n) is 9.93. The number of hydrogen-bond donors (Lipinski definition) is 1. The number of benzene rings is 1. The number of nitrogens with one attached hydrogen (secondary N) is 1.